The SMILES string of the molecule is CC(=O)N[C@@H](C)C(=O)N1CCCC[C@@H]1Cn1nc(C)cc1C. The van der Waals surface area contributed by atoms with Crippen molar-refractivity contribution in [3.05, 3.63) is 17.5 Å². The molecule has 0 spiro atoms. The van der Waals surface area contributed by atoms with Crippen LogP contribution in [0.3, 0.4) is 0 Å². The molecule has 1 aliphatic heterocycles. The molecule has 1 N–H and O–H groups in total. The fraction of sp³-hybridized carbons (Fsp3) is 0.688. The molecule has 6 heteroatoms. The number of nitrogens with one attached hydrogen (secondary N) is 1. The summed E-state index contributed by atoms with van der Waals surface area (Å²) < 4.78 is 1.98. The zero-order valence-electron chi connectivity index (χ0n) is 13.9. The van der Waals surface area contributed by atoms with Crippen LogP contribution >= 0.6 is 0 Å². The lowest BCUT2D eigenvalue weighted by atomic mass is 10.0. The number of hydrogen-bond donors (Lipinski definition) is 1. The predicted molar refractivity (Wildman–Crippen MR) is 84.3 cm³/mol. The zero-order valence-corrected chi connectivity index (χ0v) is 13.9. The molecule has 0 saturated carbocycles. The third-order valence-electron chi connectivity index (χ3n) is 4.19. The van der Waals surface area contributed by atoms with E-state index in [1.54, 1.807) is 6.92 Å². The van der Waals surface area contributed by atoms with Gasteiger partial charge in [-0.15, -0.1) is 0 Å². The minimum atomic E-state index is -0.474. The van der Waals surface area contributed by atoms with E-state index in [0.717, 1.165) is 43.7 Å². The highest BCUT2D eigenvalue weighted by Crippen LogP contribution is 2.20. The lowest BCUT2D eigenvalue weighted by Gasteiger charge is -2.37. The lowest BCUT2D eigenvalue weighted by molar-refractivity contribution is -0.139. The topological polar surface area (TPSA) is 67.2 Å². The summed E-state index contributed by atoms with van der Waals surface area (Å²) in [5.74, 6) is -0.172. The molecule has 0 unspecified atom stereocenters. The van der Waals surface area contributed by atoms with Crippen LogP contribution in [0.15, 0.2) is 6.07 Å². The first kappa shape index (κ1) is 16.5. The molecular formula is C16H26N4O2. The zero-order chi connectivity index (χ0) is 16.3. The molecule has 1 aromatic rings. The largest absolute Gasteiger partial charge is 0.345 e. The molecule has 0 aromatic carbocycles. The molecular weight excluding hydrogens is 280 g/mol. The van der Waals surface area contributed by atoms with Crippen molar-refractivity contribution < 1.29 is 9.59 Å². The molecule has 2 heterocycles. The number of carbonyl (C=O) groups excluding carboxylic acids is 2. The highest BCUT2D eigenvalue weighted by atomic mass is 16.2. The highest BCUT2D eigenvalue weighted by molar-refractivity contribution is 5.86. The van der Waals surface area contributed by atoms with Gasteiger partial charge in [-0.2, -0.15) is 5.10 Å². The van der Waals surface area contributed by atoms with Crippen LogP contribution in [0.1, 0.15) is 44.5 Å². The summed E-state index contributed by atoms with van der Waals surface area (Å²) in [4.78, 5) is 25.7. The number of amides is 2. The van der Waals surface area contributed by atoms with Crippen molar-refractivity contribution in [1.29, 1.82) is 0 Å². The van der Waals surface area contributed by atoms with Crippen LogP contribution in [-0.4, -0.2) is 45.1 Å². The van der Waals surface area contributed by atoms with Gasteiger partial charge in [-0.3, -0.25) is 14.3 Å². The van der Waals surface area contributed by atoms with Crippen molar-refractivity contribution in [1.82, 2.24) is 20.0 Å². The van der Waals surface area contributed by atoms with Crippen LogP contribution in [0, 0.1) is 13.8 Å². The van der Waals surface area contributed by atoms with Crippen LogP contribution in [0.5, 0.6) is 0 Å². The normalized spacial score (nSPS) is 19.8. The van der Waals surface area contributed by atoms with Gasteiger partial charge in [0, 0.05) is 19.2 Å². The quantitative estimate of drug-likeness (QED) is 0.914. The van der Waals surface area contributed by atoms with E-state index in [2.05, 4.69) is 16.5 Å². The summed E-state index contributed by atoms with van der Waals surface area (Å²) >= 11 is 0. The Kier molecular flexibility index (Phi) is 5.21. The number of piperidine rings is 1. The van der Waals surface area contributed by atoms with Crippen molar-refractivity contribution in [2.24, 2.45) is 0 Å². The Labute approximate surface area is 131 Å². The molecule has 2 rings (SSSR count). The molecule has 22 heavy (non-hydrogen) atoms. The van der Waals surface area contributed by atoms with Gasteiger partial charge in [-0.25, -0.2) is 0 Å². The molecule has 0 bridgehead atoms. The highest BCUT2D eigenvalue weighted by Gasteiger charge is 2.30. The Morgan fingerprint density at radius 3 is 2.73 bits per heavy atom. The molecule has 1 aromatic heterocycles. The Balaban J connectivity index is 2.09. The van der Waals surface area contributed by atoms with E-state index in [0.29, 0.717) is 0 Å². The molecule has 0 aliphatic carbocycles. The second-order valence-corrected chi connectivity index (χ2v) is 6.21. The number of aryl methyl sites for hydroxylation is 2. The van der Waals surface area contributed by atoms with Crippen molar-refractivity contribution in [2.75, 3.05) is 6.54 Å². The Bertz CT molecular complexity index is 552. The summed E-state index contributed by atoms with van der Waals surface area (Å²) in [5.41, 5.74) is 2.11. The Hall–Kier alpha value is -1.85. The minimum Gasteiger partial charge on any atom is -0.345 e. The van der Waals surface area contributed by atoms with Gasteiger partial charge in [0.15, 0.2) is 0 Å². The van der Waals surface area contributed by atoms with E-state index >= 15 is 0 Å². The van der Waals surface area contributed by atoms with Crippen LogP contribution in [0.2, 0.25) is 0 Å². The van der Waals surface area contributed by atoms with Crippen molar-refractivity contribution in [3.8, 4) is 0 Å². The molecule has 1 saturated heterocycles. The van der Waals surface area contributed by atoms with Crippen LogP contribution in [0.4, 0.5) is 0 Å². The maximum atomic E-state index is 12.6. The lowest BCUT2D eigenvalue weighted by Crippen LogP contribution is -2.53. The maximum absolute atomic E-state index is 12.6. The fourth-order valence-corrected chi connectivity index (χ4v) is 3.16. The van der Waals surface area contributed by atoms with Gasteiger partial charge in [-0.1, -0.05) is 0 Å². The summed E-state index contributed by atoms with van der Waals surface area (Å²) in [6, 6.07) is 1.73. The number of aromatic nitrogens is 2. The van der Waals surface area contributed by atoms with Gasteiger partial charge in [0.2, 0.25) is 11.8 Å². The van der Waals surface area contributed by atoms with Gasteiger partial charge in [0.05, 0.1) is 18.3 Å². The first-order chi connectivity index (χ1) is 10.4. The van der Waals surface area contributed by atoms with Crippen LogP contribution in [0.25, 0.3) is 0 Å². The average molecular weight is 306 g/mol. The third kappa shape index (κ3) is 3.87. The van der Waals surface area contributed by atoms with Crippen LogP contribution in [-0.2, 0) is 16.1 Å². The van der Waals surface area contributed by atoms with Crippen molar-refractivity contribution in [2.45, 2.75) is 65.6 Å². The van der Waals surface area contributed by atoms with E-state index in [9.17, 15) is 9.59 Å². The average Bonchev–Trinajstić information content (AvgIpc) is 2.76. The van der Waals surface area contributed by atoms with E-state index < -0.39 is 6.04 Å². The van der Waals surface area contributed by atoms with E-state index in [4.69, 9.17) is 0 Å². The van der Waals surface area contributed by atoms with Gasteiger partial charge in [0.25, 0.3) is 0 Å². The van der Waals surface area contributed by atoms with Gasteiger partial charge >= 0.3 is 0 Å². The van der Waals surface area contributed by atoms with E-state index in [1.807, 2.05) is 23.4 Å². The van der Waals surface area contributed by atoms with Gasteiger partial charge in [-0.05, 0) is 46.1 Å². The van der Waals surface area contributed by atoms with E-state index in [-0.39, 0.29) is 17.9 Å². The maximum Gasteiger partial charge on any atom is 0.245 e. The number of likely N-dealkylation sites (tertiary alicyclic amines) is 1. The first-order valence-electron chi connectivity index (χ1n) is 7.97. The molecule has 2 amide bonds. The first-order valence-corrected chi connectivity index (χ1v) is 7.97. The molecule has 2 atom stereocenters. The Morgan fingerprint density at radius 2 is 2.14 bits per heavy atom. The monoisotopic (exact) mass is 306 g/mol. The van der Waals surface area contributed by atoms with Crippen molar-refractivity contribution >= 4 is 11.8 Å². The molecule has 6 nitrogen and oxygen atoms in total. The molecule has 1 fully saturated rings. The van der Waals surface area contributed by atoms with Crippen LogP contribution < -0.4 is 5.32 Å². The number of hydrogen-bond acceptors (Lipinski definition) is 3. The smallest absolute Gasteiger partial charge is 0.245 e. The van der Waals surface area contributed by atoms with Gasteiger partial charge in [0.1, 0.15) is 6.04 Å². The second kappa shape index (κ2) is 6.94. The number of nitrogens with zero attached hydrogens (tertiary/aromatic N) is 3. The minimum absolute atomic E-state index is 0.00133. The standard InChI is InChI=1S/C16H26N4O2/c1-11-9-12(2)20(18-11)10-15-7-5-6-8-19(15)16(22)13(3)17-14(4)21/h9,13,15H,5-8,10H2,1-4H3,(H,17,21)/t13-,15+/m0/s1. The van der Waals surface area contributed by atoms with Crippen molar-refractivity contribution in [3.63, 3.8) is 0 Å². The molecule has 0 radical (unpaired) electrons. The number of rotatable bonds is 4. The summed E-state index contributed by atoms with van der Waals surface area (Å²) in [7, 11) is 0. The van der Waals surface area contributed by atoms with Gasteiger partial charge < -0.3 is 10.2 Å². The fourth-order valence-electron chi connectivity index (χ4n) is 3.16. The third-order valence-corrected chi connectivity index (χ3v) is 4.19. The summed E-state index contributed by atoms with van der Waals surface area (Å²) in [6.45, 7) is 8.68. The molecule has 1 aliphatic rings. The van der Waals surface area contributed by atoms with E-state index in [1.165, 1.54) is 6.92 Å². The predicted octanol–water partition coefficient (Wildman–Crippen LogP) is 1.41. The Morgan fingerprint density at radius 1 is 1.41 bits per heavy atom. The number of carbonyl (C=O) groups is 2. The second-order valence-electron chi connectivity index (χ2n) is 6.21. The molecule has 122 valence electrons. The summed E-state index contributed by atoms with van der Waals surface area (Å²) in [6.07, 6.45) is 3.13. The summed E-state index contributed by atoms with van der Waals surface area (Å²) in [5, 5.41) is 7.19.